The Labute approximate surface area is 215 Å². The van der Waals surface area contributed by atoms with Gasteiger partial charge in [0.1, 0.15) is 23.9 Å². The molecule has 0 spiro atoms. The fraction of sp³-hybridized carbons (Fsp3) is 0.385. The minimum Gasteiger partial charge on any atom is -0.490 e. The fourth-order valence-corrected chi connectivity index (χ4v) is 5.47. The third-order valence-electron chi connectivity index (χ3n) is 7.35. The highest BCUT2D eigenvalue weighted by atomic mass is 19.3. The Hall–Kier alpha value is -3.96. The summed E-state index contributed by atoms with van der Waals surface area (Å²) in [5.74, 6) is -4.89. The number of nitrogens with zero attached hydrogens (tertiary/aromatic N) is 5. The second kappa shape index (κ2) is 9.41. The summed E-state index contributed by atoms with van der Waals surface area (Å²) in [6, 6.07) is 6.74. The third kappa shape index (κ3) is 4.48. The first-order chi connectivity index (χ1) is 18.3. The number of anilines is 3. The van der Waals surface area contributed by atoms with Crippen LogP contribution in [0.3, 0.4) is 0 Å². The van der Waals surface area contributed by atoms with Gasteiger partial charge in [-0.2, -0.15) is 4.39 Å². The number of aldehydes is 1. The van der Waals surface area contributed by atoms with Gasteiger partial charge < -0.3 is 19.9 Å². The number of fused-ring (bicyclic) bond motifs is 3. The van der Waals surface area contributed by atoms with Gasteiger partial charge in [-0.05, 0) is 36.8 Å². The Morgan fingerprint density at radius 3 is 2.66 bits per heavy atom. The van der Waals surface area contributed by atoms with Gasteiger partial charge in [0.2, 0.25) is 11.7 Å². The lowest BCUT2D eigenvalue weighted by Gasteiger charge is -2.34. The number of carbonyl (C=O) groups is 1. The molecule has 2 aliphatic heterocycles. The highest BCUT2D eigenvalue weighted by Crippen LogP contribution is 2.43. The highest BCUT2D eigenvalue weighted by Gasteiger charge is 2.45. The van der Waals surface area contributed by atoms with Crippen LogP contribution in [0.1, 0.15) is 19.3 Å². The first-order valence-corrected chi connectivity index (χ1v) is 12.3. The highest BCUT2D eigenvalue weighted by molar-refractivity contribution is 5.88. The molecule has 2 atom stereocenters. The van der Waals surface area contributed by atoms with Crippen LogP contribution in [0.5, 0.6) is 5.75 Å². The Kier molecular flexibility index (Phi) is 6.04. The zero-order chi connectivity index (χ0) is 26.4. The summed E-state index contributed by atoms with van der Waals surface area (Å²) >= 11 is 0. The van der Waals surface area contributed by atoms with Crippen LogP contribution >= 0.6 is 0 Å². The van der Waals surface area contributed by atoms with E-state index in [1.165, 1.54) is 24.5 Å². The maximum atomic E-state index is 14.9. The van der Waals surface area contributed by atoms with Crippen LogP contribution in [0, 0.1) is 17.6 Å². The number of likely N-dealkylation sites (tertiary alicyclic amines) is 1. The minimum absolute atomic E-state index is 0.106. The van der Waals surface area contributed by atoms with Crippen LogP contribution in [0.2, 0.25) is 0 Å². The second-order valence-corrected chi connectivity index (χ2v) is 9.94. The number of piperazine rings is 1. The van der Waals surface area contributed by atoms with E-state index < -0.39 is 17.6 Å². The summed E-state index contributed by atoms with van der Waals surface area (Å²) in [5, 5.41) is 2.81. The van der Waals surface area contributed by atoms with E-state index in [1.54, 1.807) is 6.07 Å². The molecule has 38 heavy (non-hydrogen) atoms. The molecule has 1 aromatic carbocycles. The summed E-state index contributed by atoms with van der Waals surface area (Å²) in [6.07, 6.45) is 5.68. The van der Waals surface area contributed by atoms with Crippen molar-refractivity contribution < 1.29 is 27.1 Å². The molecular weight excluding hydrogens is 504 g/mol. The monoisotopic (exact) mass is 528 g/mol. The topological polar surface area (TPSA) is 83.5 Å². The number of ether oxygens (including phenoxy) is 1. The number of rotatable bonds is 8. The Balaban J connectivity index is 1.20. The minimum atomic E-state index is -2.71. The summed E-state index contributed by atoms with van der Waals surface area (Å²) in [4.78, 5) is 28.2. The van der Waals surface area contributed by atoms with Gasteiger partial charge in [-0.3, -0.25) is 4.79 Å². The van der Waals surface area contributed by atoms with Crippen molar-refractivity contribution in [3.8, 4) is 5.75 Å². The molecule has 2 saturated heterocycles. The molecule has 0 radical (unpaired) electrons. The summed E-state index contributed by atoms with van der Waals surface area (Å²) in [6.45, 7) is 1.40. The first-order valence-electron chi connectivity index (χ1n) is 12.3. The number of aromatic nitrogens is 3. The summed E-state index contributed by atoms with van der Waals surface area (Å²) in [7, 11) is 0. The van der Waals surface area contributed by atoms with E-state index in [-0.39, 0.29) is 54.7 Å². The normalized spacial score (nSPS) is 22.3. The lowest BCUT2D eigenvalue weighted by Crippen LogP contribution is -2.44. The van der Waals surface area contributed by atoms with E-state index in [1.807, 2.05) is 12.3 Å². The summed E-state index contributed by atoms with van der Waals surface area (Å²) in [5.41, 5.74) is 0.760. The lowest BCUT2D eigenvalue weighted by molar-refractivity contribution is -0.119. The van der Waals surface area contributed by atoms with Crippen molar-refractivity contribution in [2.24, 2.45) is 5.92 Å². The molecule has 0 unspecified atom stereocenters. The van der Waals surface area contributed by atoms with Gasteiger partial charge in [-0.25, -0.2) is 28.1 Å². The number of allylic oxidation sites excluding steroid dienone is 1. The summed E-state index contributed by atoms with van der Waals surface area (Å²) < 4.78 is 60.9. The predicted octanol–water partition coefficient (Wildman–Crippen LogP) is 4.45. The van der Waals surface area contributed by atoms with Crippen molar-refractivity contribution in [3.05, 3.63) is 54.5 Å². The second-order valence-electron chi connectivity index (χ2n) is 9.94. The SMILES string of the molecule is O=C/C=C/N1C[C@@H]2C[C@H]1CN2c1ccc2ncnc(Nc3ccc(OCC4CC(F)(F)C4)c(F)c3F)c2n1. The van der Waals surface area contributed by atoms with Crippen LogP contribution < -0.4 is 15.0 Å². The Morgan fingerprint density at radius 1 is 1.08 bits per heavy atom. The standard InChI is InChI=1S/C26H24F4N6O2/c27-22-18(2-4-20(23(22)28)38-13-15-9-26(29,30)10-15)33-25-24-19(31-14-32-25)3-5-21(34-24)36-12-16-8-17(36)11-35(16)6-1-7-37/h1-7,14-17H,8-13H2,(H,31,32,33)/b6-1+/t16-,17-/m0/s1. The van der Waals surface area contributed by atoms with Crippen molar-refractivity contribution in [2.75, 3.05) is 29.9 Å². The van der Waals surface area contributed by atoms with Gasteiger partial charge in [-0.1, -0.05) is 0 Å². The molecular formula is C26H24F4N6O2. The van der Waals surface area contributed by atoms with Gasteiger partial charge >= 0.3 is 0 Å². The van der Waals surface area contributed by atoms with Crippen molar-refractivity contribution in [1.82, 2.24) is 19.9 Å². The molecule has 3 fully saturated rings. The molecule has 2 aromatic heterocycles. The van der Waals surface area contributed by atoms with Crippen molar-refractivity contribution >= 4 is 34.6 Å². The molecule has 1 N–H and O–H groups in total. The molecule has 2 bridgehead atoms. The average Bonchev–Trinajstić information content (AvgIpc) is 3.49. The van der Waals surface area contributed by atoms with Crippen LogP contribution in [-0.4, -0.2) is 63.8 Å². The van der Waals surface area contributed by atoms with Crippen molar-refractivity contribution in [3.63, 3.8) is 0 Å². The molecule has 1 saturated carbocycles. The van der Waals surface area contributed by atoms with Crippen molar-refractivity contribution in [2.45, 2.75) is 37.3 Å². The number of hydrogen-bond acceptors (Lipinski definition) is 8. The Morgan fingerprint density at radius 2 is 1.92 bits per heavy atom. The van der Waals surface area contributed by atoms with E-state index in [0.29, 0.717) is 11.0 Å². The maximum absolute atomic E-state index is 14.9. The molecule has 198 valence electrons. The molecule has 3 aliphatic rings. The van der Waals surface area contributed by atoms with Crippen LogP contribution in [-0.2, 0) is 4.79 Å². The average molecular weight is 529 g/mol. The fourth-order valence-electron chi connectivity index (χ4n) is 5.47. The number of benzene rings is 1. The molecule has 3 aromatic rings. The number of nitrogens with one attached hydrogen (secondary N) is 1. The predicted molar refractivity (Wildman–Crippen MR) is 132 cm³/mol. The first kappa shape index (κ1) is 24.4. The molecule has 0 amide bonds. The van der Waals surface area contributed by atoms with Gasteiger partial charge in [0.05, 0.1) is 17.8 Å². The van der Waals surface area contributed by atoms with E-state index in [4.69, 9.17) is 9.72 Å². The number of carbonyl (C=O) groups excluding carboxylic acids is 1. The quantitative estimate of drug-likeness (QED) is 0.261. The van der Waals surface area contributed by atoms with Gasteiger partial charge in [0, 0.05) is 50.1 Å². The molecule has 12 heteroatoms. The van der Waals surface area contributed by atoms with Gasteiger partial charge in [0.15, 0.2) is 17.4 Å². The van der Waals surface area contributed by atoms with E-state index in [9.17, 15) is 22.4 Å². The van der Waals surface area contributed by atoms with E-state index in [2.05, 4.69) is 25.1 Å². The Bertz CT molecular complexity index is 1410. The van der Waals surface area contributed by atoms with Gasteiger partial charge in [0.25, 0.3) is 0 Å². The maximum Gasteiger partial charge on any atom is 0.248 e. The van der Waals surface area contributed by atoms with Crippen LogP contribution in [0.25, 0.3) is 11.0 Å². The van der Waals surface area contributed by atoms with Crippen LogP contribution in [0.4, 0.5) is 34.9 Å². The van der Waals surface area contributed by atoms with Gasteiger partial charge in [-0.15, -0.1) is 0 Å². The number of halogens is 4. The smallest absolute Gasteiger partial charge is 0.248 e. The lowest BCUT2D eigenvalue weighted by atomic mass is 9.82. The third-order valence-corrected chi connectivity index (χ3v) is 7.35. The molecule has 4 heterocycles. The molecule has 8 nitrogen and oxygen atoms in total. The zero-order valence-electron chi connectivity index (χ0n) is 20.2. The molecule has 1 aliphatic carbocycles. The van der Waals surface area contributed by atoms with Crippen LogP contribution in [0.15, 0.2) is 42.9 Å². The van der Waals surface area contributed by atoms with E-state index >= 15 is 0 Å². The number of pyridine rings is 1. The zero-order valence-corrected chi connectivity index (χ0v) is 20.2. The molecule has 6 rings (SSSR count). The van der Waals surface area contributed by atoms with E-state index in [0.717, 1.165) is 31.6 Å². The largest absolute Gasteiger partial charge is 0.490 e. The number of hydrogen-bond donors (Lipinski definition) is 1. The number of alkyl halides is 2. The van der Waals surface area contributed by atoms with Crippen molar-refractivity contribution in [1.29, 1.82) is 0 Å².